The molecule has 0 aromatic heterocycles. The molecule has 0 saturated carbocycles. The van der Waals surface area contributed by atoms with Crippen LogP contribution in [0, 0.1) is 0 Å². The lowest BCUT2D eigenvalue weighted by molar-refractivity contribution is 0.0364. The number of aliphatic hydroxyl groups is 1. The molecular formula is C34H38N2O5. The first kappa shape index (κ1) is 29.6. The fourth-order valence-corrected chi connectivity index (χ4v) is 4.75. The Hall–Kier alpha value is -4.36. The van der Waals surface area contributed by atoms with Crippen molar-refractivity contribution in [1.82, 2.24) is 10.6 Å². The Bertz CT molecular complexity index is 1410. The Morgan fingerprint density at radius 3 is 1.95 bits per heavy atom. The lowest BCUT2D eigenvalue weighted by Gasteiger charge is -2.32. The summed E-state index contributed by atoms with van der Waals surface area (Å²) in [6.45, 7) is 5.44. The van der Waals surface area contributed by atoms with Gasteiger partial charge < -0.3 is 25.2 Å². The molecule has 0 bridgehead atoms. The van der Waals surface area contributed by atoms with E-state index in [0.29, 0.717) is 12.8 Å². The number of rotatable bonds is 10. The lowest BCUT2D eigenvalue weighted by Crippen LogP contribution is -2.56. The van der Waals surface area contributed by atoms with Gasteiger partial charge in [0.15, 0.2) is 0 Å². The minimum absolute atomic E-state index is 0.0937. The van der Waals surface area contributed by atoms with Crippen LogP contribution in [0.4, 0.5) is 9.59 Å². The van der Waals surface area contributed by atoms with Crippen molar-refractivity contribution in [3.05, 3.63) is 120 Å². The van der Waals surface area contributed by atoms with Crippen LogP contribution in [0.25, 0.3) is 10.8 Å². The van der Waals surface area contributed by atoms with Crippen molar-refractivity contribution in [3.8, 4) is 0 Å². The second-order valence-corrected chi connectivity index (χ2v) is 11.1. The standard InChI is InChI=1S/C34H38N2O5/c1-34(2,3)41-33(39)36-30(22-27-19-12-18-26-17-10-11-20-28(26)27)31(37)29(21-24-13-6-4-7-14-24)35-32(38)40-23-25-15-8-5-9-16-25/h4-20,29-31,37H,21-23H2,1-3H3,(H,35,38)(H,36,39)/t29-,30-,31+/m1/s1. The van der Waals surface area contributed by atoms with Gasteiger partial charge in [0, 0.05) is 0 Å². The summed E-state index contributed by atoms with van der Waals surface area (Å²) in [5, 5.41) is 19.6. The monoisotopic (exact) mass is 554 g/mol. The first-order valence-corrected chi connectivity index (χ1v) is 13.8. The van der Waals surface area contributed by atoms with Crippen LogP contribution in [0.15, 0.2) is 103 Å². The van der Waals surface area contributed by atoms with E-state index in [1.54, 1.807) is 20.8 Å². The number of carbonyl (C=O) groups excluding carboxylic acids is 2. The molecule has 0 spiro atoms. The number of amides is 2. The average Bonchev–Trinajstić information content (AvgIpc) is 2.95. The molecule has 4 aromatic carbocycles. The number of aliphatic hydroxyl groups excluding tert-OH is 1. The van der Waals surface area contributed by atoms with E-state index in [2.05, 4.69) is 10.6 Å². The zero-order valence-electron chi connectivity index (χ0n) is 23.7. The molecule has 0 unspecified atom stereocenters. The summed E-state index contributed by atoms with van der Waals surface area (Å²) >= 11 is 0. The van der Waals surface area contributed by atoms with Gasteiger partial charge in [0.1, 0.15) is 12.2 Å². The van der Waals surface area contributed by atoms with Crippen molar-refractivity contribution < 1.29 is 24.2 Å². The van der Waals surface area contributed by atoms with Crippen molar-refractivity contribution in [2.45, 2.75) is 64.0 Å². The van der Waals surface area contributed by atoms with Crippen LogP contribution < -0.4 is 10.6 Å². The highest BCUT2D eigenvalue weighted by Gasteiger charge is 2.32. The molecular weight excluding hydrogens is 516 g/mol. The number of carbonyl (C=O) groups is 2. The fraction of sp³-hybridized carbons (Fsp3) is 0.294. The minimum Gasteiger partial charge on any atom is -0.445 e. The number of benzene rings is 4. The zero-order valence-corrected chi connectivity index (χ0v) is 23.7. The maximum atomic E-state index is 12.9. The number of ether oxygens (including phenoxy) is 2. The molecule has 7 heteroatoms. The maximum Gasteiger partial charge on any atom is 0.407 e. The van der Waals surface area contributed by atoms with Gasteiger partial charge in [-0.1, -0.05) is 103 Å². The number of hydrogen-bond donors (Lipinski definition) is 3. The van der Waals surface area contributed by atoms with Crippen molar-refractivity contribution >= 4 is 23.0 Å². The van der Waals surface area contributed by atoms with Crippen LogP contribution in [-0.4, -0.2) is 41.1 Å². The third-order valence-electron chi connectivity index (χ3n) is 6.66. The molecule has 3 N–H and O–H groups in total. The molecule has 0 heterocycles. The lowest BCUT2D eigenvalue weighted by atomic mass is 9.91. The molecule has 7 nitrogen and oxygen atoms in total. The molecule has 214 valence electrons. The topological polar surface area (TPSA) is 96.9 Å². The second kappa shape index (κ2) is 13.8. The van der Waals surface area contributed by atoms with Gasteiger partial charge in [-0.25, -0.2) is 9.59 Å². The van der Waals surface area contributed by atoms with E-state index in [0.717, 1.165) is 27.5 Å². The van der Waals surface area contributed by atoms with Gasteiger partial charge in [0.2, 0.25) is 0 Å². The molecule has 4 aromatic rings. The summed E-state index contributed by atoms with van der Waals surface area (Å²) < 4.78 is 11.0. The summed E-state index contributed by atoms with van der Waals surface area (Å²) in [6, 6.07) is 31.3. The first-order valence-electron chi connectivity index (χ1n) is 13.8. The largest absolute Gasteiger partial charge is 0.445 e. The van der Waals surface area contributed by atoms with Gasteiger partial charge in [-0.05, 0) is 61.1 Å². The third-order valence-corrected chi connectivity index (χ3v) is 6.66. The molecule has 0 aliphatic rings. The van der Waals surface area contributed by atoms with Crippen molar-refractivity contribution in [2.24, 2.45) is 0 Å². The maximum absolute atomic E-state index is 12.9. The van der Waals surface area contributed by atoms with Gasteiger partial charge in [0.05, 0.1) is 18.2 Å². The predicted molar refractivity (Wildman–Crippen MR) is 161 cm³/mol. The Morgan fingerprint density at radius 1 is 0.707 bits per heavy atom. The van der Waals surface area contributed by atoms with Crippen LogP contribution in [0.1, 0.15) is 37.5 Å². The van der Waals surface area contributed by atoms with Gasteiger partial charge in [0.25, 0.3) is 0 Å². The number of fused-ring (bicyclic) bond motifs is 1. The molecule has 4 rings (SSSR count). The molecule has 0 saturated heterocycles. The van der Waals surface area contributed by atoms with Crippen LogP contribution in [0.3, 0.4) is 0 Å². The highest BCUT2D eigenvalue weighted by molar-refractivity contribution is 5.85. The van der Waals surface area contributed by atoms with Gasteiger partial charge in [-0.15, -0.1) is 0 Å². The Kier molecular flexibility index (Phi) is 9.98. The van der Waals surface area contributed by atoms with Crippen LogP contribution in [0.5, 0.6) is 0 Å². The van der Waals surface area contributed by atoms with E-state index in [9.17, 15) is 14.7 Å². The molecule has 3 atom stereocenters. The normalized spacial score (nSPS) is 13.6. The Morgan fingerprint density at radius 2 is 1.27 bits per heavy atom. The van der Waals surface area contributed by atoms with Crippen molar-refractivity contribution in [3.63, 3.8) is 0 Å². The number of alkyl carbamates (subject to hydrolysis) is 2. The van der Waals surface area contributed by atoms with Crippen molar-refractivity contribution in [1.29, 1.82) is 0 Å². The fourth-order valence-electron chi connectivity index (χ4n) is 4.75. The second-order valence-electron chi connectivity index (χ2n) is 11.1. The van der Waals surface area contributed by atoms with Crippen LogP contribution in [-0.2, 0) is 28.9 Å². The first-order chi connectivity index (χ1) is 19.7. The summed E-state index contributed by atoms with van der Waals surface area (Å²) in [5.41, 5.74) is 2.00. The highest BCUT2D eigenvalue weighted by atomic mass is 16.6. The van der Waals surface area contributed by atoms with Gasteiger partial charge in [-0.2, -0.15) is 0 Å². The zero-order chi connectivity index (χ0) is 29.2. The van der Waals surface area contributed by atoms with E-state index < -0.39 is 36.0 Å². The summed E-state index contributed by atoms with van der Waals surface area (Å²) in [7, 11) is 0. The van der Waals surface area contributed by atoms with E-state index in [1.165, 1.54) is 0 Å². The minimum atomic E-state index is -1.18. The molecule has 0 aliphatic carbocycles. The quantitative estimate of drug-likeness (QED) is 0.218. The molecule has 2 amide bonds. The Labute approximate surface area is 241 Å². The van der Waals surface area contributed by atoms with Gasteiger partial charge in [-0.3, -0.25) is 0 Å². The van der Waals surface area contributed by atoms with E-state index in [1.807, 2.05) is 103 Å². The molecule has 0 radical (unpaired) electrons. The van der Waals surface area contributed by atoms with E-state index in [4.69, 9.17) is 9.47 Å². The SMILES string of the molecule is CC(C)(C)OC(=O)N[C@H](Cc1cccc2ccccc12)[C@@H](O)[C@@H](Cc1ccccc1)NC(=O)OCc1ccccc1. The van der Waals surface area contributed by atoms with Gasteiger partial charge >= 0.3 is 12.2 Å². The highest BCUT2D eigenvalue weighted by Crippen LogP contribution is 2.22. The Balaban J connectivity index is 1.60. The number of hydrogen-bond acceptors (Lipinski definition) is 5. The smallest absolute Gasteiger partial charge is 0.407 e. The summed E-state index contributed by atoms with van der Waals surface area (Å²) in [5.74, 6) is 0. The van der Waals surface area contributed by atoms with E-state index in [-0.39, 0.29) is 6.61 Å². The van der Waals surface area contributed by atoms with E-state index >= 15 is 0 Å². The van der Waals surface area contributed by atoms with Crippen LogP contribution >= 0.6 is 0 Å². The summed E-state index contributed by atoms with van der Waals surface area (Å²) in [6.07, 6.45) is -1.84. The van der Waals surface area contributed by atoms with Crippen LogP contribution in [0.2, 0.25) is 0 Å². The third kappa shape index (κ3) is 9.08. The van der Waals surface area contributed by atoms with Crippen molar-refractivity contribution in [2.75, 3.05) is 0 Å². The molecule has 41 heavy (non-hydrogen) atoms. The number of nitrogens with one attached hydrogen (secondary N) is 2. The average molecular weight is 555 g/mol. The molecule has 0 fully saturated rings. The predicted octanol–water partition coefficient (Wildman–Crippen LogP) is 6.17. The molecule has 0 aliphatic heterocycles. The summed E-state index contributed by atoms with van der Waals surface area (Å²) in [4.78, 5) is 25.9.